The Kier molecular flexibility index (Phi) is 4.70. The number of imidazole rings is 1. The van der Waals surface area contributed by atoms with Crippen LogP contribution in [0, 0.1) is 0 Å². The monoisotopic (exact) mass is 308 g/mol. The Balaban J connectivity index is 1.83. The van der Waals surface area contributed by atoms with Crippen LogP contribution in [0.25, 0.3) is 0 Å². The minimum atomic E-state index is -0.124. The number of hydrogen-bond donors (Lipinski definition) is 2. The number of aryl methyl sites for hydroxylation is 2. The van der Waals surface area contributed by atoms with Crippen LogP contribution in [0.15, 0.2) is 35.4 Å². The summed E-state index contributed by atoms with van der Waals surface area (Å²) in [5, 5.41) is 3.20. The molecule has 0 aliphatic carbocycles. The Morgan fingerprint density at radius 3 is 2.76 bits per heavy atom. The minimum Gasteiger partial charge on any atom is -0.397 e. The van der Waals surface area contributed by atoms with Crippen LogP contribution in [0.2, 0.25) is 5.02 Å². The molecule has 0 aliphatic rings. The number of nitrogens with zero attached hydrogens (tertiary/aromatic N) is 2. The van der Waals surface area contributed by atoms with Gasteiger partial charge in [0.25, 0.3) is 0 Å². The van der Waals surface area contributed by atoms with Gasteiger partial charge >= 0.3 is 5.69 Å². The molecular formula is C14H17ClN4O2. The quantitative estimate of drug-likeness (QED) is 0.827. The van der Waals surface area contributed by atoms with Gasteiger partial charge in [-0.05, 0) is 24.6 Å². The smallest absolute Gasteiger partial charge is 0.327 e. The normalized spacial score (nSPS) is 10.6. The molecule has 2 aromatic rings. The highest BCUT2D eigenvalue weighted by atomic mass is 35.5. The first-order valence-electron chi connectivity index (χ1n) is 6.54. The van der Waals surface area contributed by atoms with E-state index in [4.69, 9.17) is 17.3 Å². The van der Waals surface area contributed by atoms with E-state index in [0.29, 0.717) is 35.8 Å². The molecule has 0 bridgehead atoms. The van der Waals surface area contributed by atoms with Crippen LogP contribution >= 0.6 is 11.6 Å². The van der Waals surface area contributed by atoms with Gasteiger partial charge in [-0.3, -0.25) is 9.36 Å². The van der Waals surface area contributed by atoms with Crippen molar-refractivity contribution in [2.24, 2.45) is 7.05 Å². The van der Waals surface area contributed by atoms with Crippen molar-refractivity contribution in [3.8, 4) is 0 Å². The maximum atomic E-state index is 11.8. The van der Waals surface area contributed by atoms with E-state index in [0.717, 1.165) is 0 Å². The highest BCUT2D eigenvalue weighted by Gasteiger charge is 2.05. The van der Waals surface area contributed by atoms with Crippen LogP contribution < -0.4 is 16.7 Å². The summed E-state index contributed by atoms with van der Waals surface area (Å²) in [6.45, 7) is 0.510. The Hall–Kier alpha value is -2.21. The number of anilines is 2. The molecule has 0 aliphatic heterocycles. The van der Waals surface area contributed by atoms with Crippen molar-refractivity contribution in [1.82, 2.24) is 9.13 Å². The molecule has 1 aromatic carbocycles. The third kappa shape index (κ3) is 3.88. The van der Waals surface area contributed by atoms with E-state index >= 15 is 0 Å². The highest BCUT2D eigenvalue weighted by Crippen LogP contribution is 2.22. The topological polar surface area (TPSA) is 82.1 Å². The van der Waals surface area contributed by atoms with E-state index in [1.807, 2.05) is 0 Å². The van der Waals surface area contributed by atoms with E-state index in [-0.39, 0.29) is 11.6 Å². The van der Waals surface area contributed by atoms with E-state index < -0.39 is 0 Å². The highest BCUT2D eigenvalue weighted by molar-refractivity contribution is 6.33. The fraction of sp³-hybridized carbons (Fsp3) is 0.286. The van der Waals surface area contributed by atoms with Gasteiger partial charge in [-0.1, -0.05) is 11.6 Å². The minimum absolute atomic E-state index is 0.0825. The number of aromatic nitrogens is 2. The van der Waals surface area contributed by atoms with Crippen molar-refractivity contribution >= 4 is 28.9 Å². The van der Waals surface area contributed by atoms with Gasteiger partial charge in [0.1, 0.15) is 0 Å². The van der Waals surface area contributed by atoms with Gasteiger partial charge in [0.2, 0.25) is 5.91 Å². The van der Waals surface area contributed by atoms with Gasteiger partial charge < -0.3 is 15.6 Å². The predicted molar refractivity (Wildman–Crippen MR) is 83.4 cm³/mol. The van der Waals surface area contributed by atoms with Crippen molar-refractivity contribution in [2.45, 2.75) is 19.4 Å². The molecule has 7 heteroatoms. The molecule has 3 N–H and O–H groups in total. The first-order chi connectivity index (χ1) is 9.97. The Bertz CT molecular complexity index is 705. The Morgan fingerprint density at radius 2 is 2.14 bits per heavy atom. The zero-order chi connectivity index (χ0) is 15.4. The molecule has 0 radical (unpaired) electrons. The molecule has 6 nitrogen and oxygen atoms in total. The number of nitrogens with two attached hydrogens (primary N) is 1. The van der Waals surface area contributed by atoms with Crippen molar-refractivity contribution in [1.29, 1.82) is 0 Å². The van der Waals surface area contributed by atoms with Gasteiger partial charge in [0, 0.05) is 38.1 Å². The molecule has 112 valence electrons. The second kappa shape index (κ2) is 6.49. The second-order valence-electron chi connectivity index (χ2n) is 4.77. The van der Waals surface area contributed by atoms with Gasteiger partial charge in [0.15, 0.2) is 0 Å². The average molecular weight is 309 g/mol. The maximum Gasteiger partial charge on any atom is 0.327 e. The van der Waals surface area contributed by atoms with E-state index in [2.05, 4.69) is 5.32 Å². The SMILES string of the molecule is Cn1ccn(CCCC(=O)Nc2ccc(Cl)c(N)c2)c1=O. The zero-order valence-electron chi connectivity index (χ0n) is 11.7. The van der Waals surface area contributed by atoms with E-state index in [1.165, 1.54) is 4.57 Å². The predicted octanol–water partition coefficient (Wildman–Crippen LogP) is 1.84. The summed E-state index contributed by atoms with van der Waals surface area (Å²) in [4.78, 5) is 23.4. The number of hydrogen-bond acceptors (Lipinski definition) is 3. The van der Waals surface area contributed by atoms with Gasteiger partial charge in [0.05, 0.1) is 10.7 Å². The van der Waals surface area contributed by atoms with E-state index in [9.17, 15) is 9.59 Å². The number of nitrogens with one attached hydrogen (secondary N) is 1. The van der Waals surface area contributed by atoms with Crippen molar-refractivity contribution in [3.63, 3.8) is 0 Å². The Labute approximate surface area is 127 Å². The summed E-state index contributed by atoms with van der Waals surface area (Å²) in [7, 11) is 1.69. The second-order valence-corrected chi connectivity index (χ2v) is 5.18. The number of halogens is 1. The summed E-state index contributed by atoms with van der Waals surface area (Å²) in [5.74, 6) is -0.124. The van der Waals surface area contributed by atoms with Crippen LogP contribution in [0.1, 0.15) is 12.8 Å². The molecule has 1 amide bonds. The molecule has 1 aromatic heterocycles. The average Bonchev–Trinajstić information content (AvgIpc) is 2.75. The van der Waals surface area contributed by atoms with Gasteiger partial charge in [-0.15, -0.1) is 0 Å². The molecule has 21 heavy (non-hydrogen) atoms. The fourth-order valence-corrected chi connectivity index (χ4v) is 2.05. The van der Waals surface area contributed by atoms with Crippen LogP contribution in [0.3, 0.4) is 0 Å². The summed E-state index contributed by atoms with van der Waals surface area (Å²) < 4.78 is 3.07. The summed E-state index contributed by atoms with van der Waals surface area (Å²) in [6.07, 6.45) is 4.31. The van der Waals surface area contributed by atoms with Gasteiger partial charge in [-0.25, -0.2) is 4.79 Å². The summed E-state index contributed by atoms with van der Waals surface area (Å²) >= 11 is 5.81. The molecule has 1 heterocycles. The first-order valence-corrected chi connectivity index (χ1v) is 6.92. The lowest BCUT2D eigenvalue weighted by molar-refractivity contribution is -0.116. The summed E-state index contributed by atoms with van der Waals surface area (Å²) in [6, 6.07) is 4.94. The zero-order valence-corrected chi connectivity index (χ0v) is 12.4. The molecular weight excluding hydrogens is 292 g/mol. The Morgan fingerprint density at radius 1 is 1.38 bits per heavy atom. The largest absolute Gasteiger partial charge is 0.397 e. The number of carbonyl (C=O) groups is 1. The lowest BCUT2D eigenvalue weighted by atomic mass is 10.2. The van der Waals surface area contributed by atoms with Crippen molar-refractivity contribution in [3.05, 3.63) is 46.1 Å². The maximum absolute atomic E-state index is 11.8. The van der Waals surface area contributed by atoms with Crippen molar-refractivity contribution in [2.75, 3.05) is 11.1 Å². The van der Waals surface area contributed by atoms with E-state index in [1.54, 1.807) is 42.2 Å². The third-order valence-electron chi connectivity index (χ3n) is 3.10. The number of carbonyl (C=O) groups excluding carboxylic acids is 1. The summed E-state index contributed by atoms with van der Waals surface area (Å²) in [5.41, 5.74) is 6.62. The van der Waals surface area contributed by atoms with Crippen LogP contribution in [0.5, 0.6) is 0 Å². The standard InChI is InChI=1S/C14H17ClN4O2/c1-18-7-8-19(14(18)21)6-2-3-13(20)17-10-4-5-11(15)12(16)9-10/h4-5,7-9H,2-3,6,16H2,1H3,(H,17,20). The lowest BCUT2D eigenvalue weighted by Crippen LogP contribution is -2.22. The van der Waals surface area contributed by atoms with Crippen LogP contribution in [-0.2, 0) is 18.4 Å². The number of nitrogen functional groups attached to an aromatic ring is 1. The number of amides is 1. The first kappa shape index (κ1) is 15.2. The van der Waals surface area contributed by atoms with Gasteiger partial charge in [-0.2, -0.15) is 0 Å². The number of rotatable bonds is 5. The molecule has 0 atom stereocenters. The third-order valence-corrected chi connectivity index (χ3v) is 3.44. The van der Waals surface area contributed by atoms with Crippen LogP contribution in [0.4, 0.5) is 11.4 Å². The van der Waals surface area contributed by atoms with Crippen LogP contribution in [-0.4, -0.2) is 15.0 Å². The molecule has 0 unspecified atom stereocenters. The molecule has 0 spiro atoms. The fourth-order valence-electron chi connectivity index (χ4n) is 1.94. The molecule has 0 saturated heterocycles. The number of benzene rings is 1. The lowest BCUT2D eigenvalue weighted by Gasteiger charge is -2.07. The van der Waals surface area contributed by atoms with Crippen molar-refractivity contribution < 1.29 is 4.79 Å². The molecule has 0 fully saturated rings. The molecule has 0 saturated carbocycles. The molecule has 2 rings (SSSR count).